The van der Waals surface area contributed by atoms with E-state index in [1.807, 2.05) is 0 Å². The zero-order chi connectivity index (χ0) is 29.3. The number of nitrogens with zero attached hydrogens (tertiary/aromatic N) is 3. The van der Waals surface area contributed by atoms with Gasteiger partial charge in [0.05, 0.1) is 11.8 Å². The number of thioether (sulfide) groups is 1. The van der Waals surface area contributed by atoms with Crippen molar-refractivity contribution in [1.82, 2.24) is 14.7 Å². The van der Waals surface area contributed by atoms with Crippen LogP contribution in [0.25, 0.3) is 5.57 Å². The number of rotatable bonds is 7. The third kappa shape index (κ3) is 6.58. The Bertz CT molecular complexity index is 1400. The largest absolute Gasteiger partial charge is 0.445 e. The highest BCUT2D eigenvalue weighted by Gasteiger charge is 2.37. The minimum atomic E-state index is -0.400. The number of amides is 3. The molecule has 2 aliphatic heterocycles. The van der Waals surface area contributed by atoms with Gasteiger partial charge in [-0.3, -0.25) is 14.5 Å². The molecule has 0 N–H and O–H groups in total. The molecule has 216 valence electrons. The maximum absolute atomic E-state index is 13.2. The van der Waals surface area contributed by atoms with Gasteiger partial charge in [0.1, 0.15) is 17.5 Å². The number of fused-ring (bicyclic) bond motifs is 1. The van der Waals surface area contributed by atoms with E-state index >= 15 is 0 Å². The number of carbonyl (C=O) groups excluding carboxylic acids is 3. The number of ether oxygens (including phenoxy) is 1. The van der Waals surface area contributed by atoms with Gasteiger partial charge in [-0.05, 0) is 70.9 Å². The fourth-order valence-corrected chi connectivity index (χ4v) is 7.42. The Labute approximate surface area is 259 Å². The Morgan fingerprint density at radius 3 is 2.56 bits per heavy atom. The van der Waals surface area contributed by atoms with E-state index in [9.17, 15) is 14.4 Å². The van der Waals surface area contributed by atoms with Gasteiger partial charge in [-0.1, -0.05) is 78.7 Å². The maximum atomic E-state index is 13.2. The smallest absolute Gasteiger partial charge is 0.410 e. The normalized spacial score (nSPS) is 20.2. The molecule has 3 amide bonds. The molecule has 1 saturated heterocycles. The lowest BCUT2D eigenvalue weighted by Crippen LogP contribution is -2.43. The fraction of sp³-hybridized carbons (Fsp3) is 0.400. The van der Waals surface area contributed by atoms with Crippen LogP contribution in [-0.2, 0) is 27.4 Å². The Kier molecular flexibility index (Phi) is 9.28. The van der Waals surface area contributed by atoms with Crippen molar-refractivity contribution in [3.05, 3.63) is 74.8 Å². The lowest BCUT2D eigenvalue weighted by atomic mass is 9.93. The molecule has 3 aliphatic rings. The van der Waals surface area contributed by atoms with Gasteiger partial charge in [0.25, 0.3) is 0 Å². The fourth-order valence-electron chi connectivity index (χ4n) is 5.78. The highest BCUT2D eigenvalue weighted by molar-refractivity contribution is 8.23. The van der Waals surface area contributed by atoms with E-state index in [4.69, 9.17) is 40.2 Å². The van der Waals surface area contributed by atoms with Gasteiger partial charge in [0, 0.05) is 30.2 Å². The molecule has 0 saturated carbocycles. The summed E-state index contributed by atoms with van der Waals surface area (Å²) in [7, 11) is 1.79. The quantitative estimate of drug-likeness (QED) is 0.331. The van der Waals surface area contributed by atoms with Gasteiger partial charge in [0.15, 0.2) is 0 Å². The molecule has 41 heavy (non-hydrogen) atoms. The lowest BCUT2D eigenvalue weighted by molar-refractivity contribution is -0.135. The van der Waals surface area contributed by atoms with E-state index in [1.165, 1.54) is 27.8 Å². The summed E-state index contributed by atoms with van der Waals surface area (Å²) in [6.45, 7) is 3.28. The van der Waals surface area contributed by atoms with Crippen LogP contribution in [0, 0.1) is 5.92 Å². The second-order valence-corrected chi connectivity index (χ2v) is 13.0. The first kappa shape index (κ1) is 29.9. The second kappa shape index (κ2) is 12.7. The van der Waals surface area contributed by atoms with E-state index in [0.717, 1.165) is 29.5 Å². The van der Waals surface area contributed by atoms with Crippen molar-refractivity contribution in [3.63, 3.8) is 0 Å². The van der Waals surface area contributed by atoms with Crippen molar-refractivity contribution in [2.24, 2.45) is 5.92 Å². The zero-order valence-electron chi connectivity index (χ0n) is 22.9. The van der Waals surface area contributed by atoms with E-state index in [1.54, 1.807) is 35.0 Å². The molecular formula is C30H31Cl2N3O4S2. The third-order valence-electron chi connectivity index (χ3n) is 7.97. The van der Waals surface area contributed by atoms with Crippen LogP contribution in [0.2, 0.25) is 10.0 Å². The van der Waals surface area contributed by atoms with Crippen molar-refractivity contribution >= 4 is 75.0 Å². The van der Waals surface area contributed by atoms with Gasteiger partial charge in [-0.25, -0.2) is 4.79 Å². The Hall–Kier alpha value is -2.59. The molecule has 2 heterocycles. The van der Waals surface area contributed by atoms with Crippen molar-refractivity contribution in [2.45, 2.75) is 38.8 Å². The lowest BCUT2D eigenvalue weighted by Gasteiger charge is -2.30. The number of benzene rings is 2. The van der Waals surface area contributed by atoms with Crippen LogP contribution in [0.3, 0.4) is 0 Å². The van der Waals surface area contributed by atoms with Crippen molar-refractivity contribution in [1.29, 1.82) is 0 Å². The van der Waals surface area contributed by atoms with Crippen molar-refractivity contribution < 1.29 is 19.1 Å². The SMILES string of the molecule is CCC1Cc2ccc(C3=CCN(C(=O)CN4C(=O)CSC4=S)CC3)cc2C1N(C)C(=O)OCc1cc(Cl)cc(Cl)c1. The summed E-state index contributed by atoms with van der Waals surface area (Å²) in [4.78, 5) is 42.9. The summed E-state index contributed by atoms with van der Waals surface area (Å²) in [6, 6.07) is 11.5. The minimum Gasteiger partial charge on any atom is -0.445 e. The van der Waals surface area contributed by atoms with E-state index in [-0.39, 0.29) is 36.9 Å². The number of carbonyl (C=O) groups is 3. The monoisotopic (exact) mass is 631 g/mol. The summed E-state index contributed by atoms with van der Waals surface area (Å²) in [6.07, 6.45) is 4.21. The molecule has 1 aliphatic carbocycles. The minimum absolute atomic E-state index is 0.000440. The standard InChI is InChI=1S/C30H31Cl2N3O4S2/c1-3-19-12-22-5-4-21(20-6-8-34(9-7-20)26(36)15-35-27(37)17-41-30(35)40)13-25(22)28(19)33(2)29(38)39-16-18-10-23(31)14-24(32)11-18/h4-6,10-11,13-14,19,28H,3,7-9,12,15-17H2,1-2H3. The molecule has 0 spiro atoms. The average molecular weight is 633 g/mol. The molecule has 2 aromatic carbocycles. The van der Waals surface area contributed by atoms with Crippen LogP contribution in [0.4, 0.5) is 4.79 Å². The van der Waals surface area contributed by atoms with Crippen LogP contribution in [-0.4, -0.2) is 69.4 Å². The third-order valence-corrected chi connectivity index (χ3v) is 9.84. The van der Waals surface area contributed by atoms with Crippen LogP contribution in [0.5, 0.6) is 0 Å². The average Bonchev–Trinajstić information content (AvgIpc) is 3.49. The second-order valence-electron chi connectivity index (χ2n) is 10.5. The molecule has 0 bridgehead atoms. The molecule has 2 aromatic rings. The highest BCUT2D eigenvalue weighted by atomic mass is 35.5. The number of thiocarbonyl (C=S) groups is 1. The number of hydrogen-bond acceptors (Lipinski definition) is 6. The highest BCUT2D eigenvalue weighted by Crippen LogP contribution is 2.43. The van der Waals surface area contributed by atoms with Gasteiger partial charge in [0.2, 0.25) is 11.8 Å². The van der Waals surface area contributed by atoms with Crippen LogP contribution >= 0.6 is 47.2 Å². The molecule has 11 heteroatoms. The zero-order valence-corrected chi connectivity index (χ0v) is 26.0. The molecule has 0 radical (unpaired) electrons. The van der Waals surface area contributed by atoms with E-state index < -0.39 is 6.09 Å². The summed E-state index contributed by atoms with van der Waals surface area (Å²) in [5.74, 6) is 0.378. The maximum Gasteiger partial charge on any atom is 0.410 e. The topological polar surface area (TPSA) is 70.2 Å². The van der Waals surface area contributed by atoms with Crippen LogP contribution in [0.15, 0.2) is 42.5 Å². The summed E-state index contributed by atoms with van der Waals surface area (Å²) in [5.41, 5.74) is 5.37. The Balaban J connectivity index is 1.27. The van der Waals surface area contributed by atoms with Crippen LogP contribution in [0.1, 0.15) is 48.1 Å². The Morgan fingerprint density at radius 2 is 1.93 bits per heavy atom. The molecule has 2 unspecified atom stereocenters. The molecule has 2 atom stereocenters. The van der Waals surface area contributed by atoms with Crippen molar-refractivity contribution in [2.75, 3.05) is 32.4 Å². The molecular weight excluding hydrogens is 601 g/mol. The predicted octanol–water partition coefficient (Wildman–Crippen LogP) is 6.36. The van der Waals surface area contributed by atoms with Gasteiger partial charge in [-0.2, -0.15) is 0 Å². The molecule has 0 aromatic heterocycles. The number of halogens is 2. The molecule has 5 rings (SSSR count). The first-order chi connectivity index (χ1) is 19.6. The molecule has 7 nitrogen and oxygen atoms in total. The van der Waals surface area contributed by atoms with Gasteiger partial charge in [-0.15, -0.1) is 0 Å². The van der Waals surface area contributed by atoms with Gasteiger partial charge >= 0.3 is 6.09 Å². The summed E-state index contributed by atoms with van der Waals surface area (Å²) < 4.78 is 6.12. The van der Waals surface area contributed by atoms with E-state index in [2.05, 4.69) is 31.2 Å². The van der Waals surface area contributed by atoms with E-state index in [0.29, 0.717) is 39.6 Å². The Morgan fingerprint density at radius 1 is 1.17 bits per heavy atom. The first-order valence-corrected chi connectivity index (χ1v) is 15.7. The predicted molar refractivity (Wildman–Crippen MR) is 167 cm³/mol. The summed E-state index contributed by atoms with van der Waals surface area (Å²) in [5, 5.41) is 0.990. The first-order valence-electron chi connectivity index (χ1n) is 13.6. The van der Waals surface area contributed by atoms with Gasteiger partial charge < -0.3 is 14.5 Å². The molecule has 1 fully saturated rings. The number of hydrogen-bond donors (Lipinski definition) is 0. The van der Waals surface area contributed by atoms with Crippen molar-refractivity contribution in [3.8, 4) is 0 Å². The van der Waals surface area contributed by atoms with Crippen LogP contribution < -0.4 is 0 Å². The summed E-state index contributed by atoms with van der Waals surface area (Å²) >= 11 is 18.7.